The SMILES string of the molecule is O=C(NC1CCCCCC1)c1ccc(-n2cncn2)cc1. The first-order chi connectivity index (χ1) is 10.3. The summed E-state index contributed by atoms with van der Waals surface area (Å²) < 4.78 is 1.67. The third-order valence-electron chi connectivity index (χ3n) is 4.00. The second kappa shape index (κ2) is 6.52. The Morgan fingerprint density at radius 3 is 2.43 bits per heavy atom. The molecular formula is C16H20N4O. The molecule has 0 aliphatic heterocycles. The Bertz CT molecular complexity index is 569. The van der Waals surface area contributed by atoms with Gasteiger partial charge in [-0.3, -0.25) is 4.79 Å². The van der Waals surface area contributed by atoms with Gasteiger partial charge in [0.2, 0.25) is 0 Å². The van der Waals surface area contributed by atoms with Gasteiger partial charge in [0, 0.05) is 11.6 Å². The van der Waals surface area contributed by atoms with E-state index in [0.717, 1.165) is 18.5 Å². The molecule has 0 spiro atoms. The summed E-state index contributed by atoms with van der Waals surface area (Å²) in [5, 5.41) is 7.23. The minimum absolute atomic E-state index is 0.0204. The van der Waals surface area contributed by atoms with E-state index in [1.54, 1.807) is 11.0 Å². The van der Waals surface area contributed by atoms with Gasteiger partial charge in [-0.15, -0.1) is 0 Å². The summed E-state index contributed by atoms with van der Waals surface area (Å²) in [4.78, 5) is 16.2. The standard InChI is InChI=1S/C16H20N4O/c21-16(19-14-5-3-1-2-4-6-14)13-7-9-15(10-8-13)20-12-17-11-18-20/h7-12,14H,1-6H2,(H,19,21). The highest BCUT2D eigenvalue weighted by molar-refractivity contribution is 5.94. The number of benzene rings is 1. The molecule has 2 aromatic rings. The van der Waals surface area contributed by atoms with Crippen molar-refractivity contribution in [3.63, 3.8) is 0 Å². The molecule has 1 aromatic heterocycles. The number of rotatable bonds is 3. The fraction of sp³-hybridized carbons (Fsp3) is 0.438. The topological polar surface area (TPSA) is 59.8 Å². The average molecular weight is 284 g/mol. The maximum atomic E-state index is 12.3. The maximum absolute atomic E-state index is 12.3. The Kier molecular flexibility index (Phi) is 4.28. The van der Waals surface area contributed by atoms with Crippen molar-refractivity contribution in [2.24, 2.45) is 0 Å². The highest BCUT2D eigenvalue weighted by Gasteiger charge is 2.15. The van der Waals surface area contributed by atoms with Gasteiger partial charge in [0.15, 0.2) is 0 Å². The van der Waals surface area contributed by atoms with Gasteiger partial charge in [0.1, 0.15) is 12.7 Å². The molecule has 21 heavy (non-hydrogen) atoms. The van der Waals surface area contributed by atoms with E-state index in [9.17, 15) is 4.79 Å². The molecule has 0 radical (unpaired) electrons. The lowest BCUT2D eigenvalue weighted by molar-refractivity contribution is 0.0933. The van der Waals surface area contributed by atoms with Gasteiger partial charge in [-0.05, 0) is 37.1 Å². The lowest BCUT2D eigenvalue weighted by Crippen LogP contribution is -2.34. The minimum atomic E-state index is 0.0204. The molecule has 0 bridgehead atoms. The van der Waals surface area contributed by atoms with Gasteiger partial charge in [0.25, 0.3) is 5.91 Å². The van der Waals surface area contributed by atoms with E-state index >= 15 is 0 Å². The third kappa shape index (κ3) is 3.48. The fourth-order valence-electron chi connectivity index (χ4n) is 2.80. The highest BCUT2D eigenvalue weighted by atomic mass is 16.1. The van der Waals surface area contributed by atoms with Crippen LogP contribution < -0.4 is 5.32 Å². The van der Waals surface area contributed by atoms with E-state index < -0.39 is 0 Å². The van der Waals surface area contributed by atoms with E-state index in [0.29, 0.717) is 11.6 Å². The van der Waals surface area contributed by atoms with Crippen LogP contribution in [0.1, 0.15) is 48.9 Å². The molecule has 110 valence electrons. The van der Waals surface area contributed by atoms with Crippen molar-refractivity contribution in [2.75, 3.05) is 0 Å². The molecule has 3 rings (SSSR count). The van der Waals surface area contributed by atoms with Crippen LogP contribution in [0.25, 0.3) is 5.69 Å². The molecule has 0 atom stereocenters. The number of aromatic nitrogens is 3. The zero-order chi connectivity index (χ0) is 14.5. The molecule has 1 aromatic carbocycles. The first-order valence-corrected chi connectivity index (χ1v) is 7.59. The Morgan fingerprint density at radius 2 is 1.81 bits per heavy atom. The molecule has 0 unspecified atom stereocenters. The van der Waals surface area contributed by atoms with Crippen molar-refractivity contribution in [1.29, 1.82) is 0 Å². The molecule has 5 nitrogen and oxygen atoms in total. The monoisotopic (exact) mass is 284 g/mol. The predicted octanol–water partition coefficient (Wildman–Crippen LogP) is 2.72. The van der Waals surface area contributed by atoms with Crippen LogP contribution in [0.5, 0.6) is 0 Å². The van der Waals surface area contributed by atoms with Crippen LogP contribution in [0.15, 0.2) is 36.9 Å². The van der Waals surface area contributed by atoms with Crippen LogP contribution >= 0.6 is 0 Å². The largest absolute Gasteiger partial charge is 0.349 e. The fourth-order valence-corrected chi connectivity index (χ4v) is 2.80. The molecular weight excluding hydrogens is 264 g/mol. The summed E-state index contributed by atoms with van der Waals surface area (Å²) in [6.07, 6.45) is 10.4. The van der Waals surface area contributed by atoms with E-state index in [4.69, 9.17) is 0 Å². The van der Waals surface area contributed by atoms with E-state index in [1.807, 2.05) is 24.3 Å². The minimum Gasteiger partial charge on any atom is -0.349 e. The van der Waals surface area contributed by atoms with Crippen LogP contribution in [0.3, 0.4) is 0 Å². The van der Waals surface area contributed by atoms with Gasteiger partial charge in [0.05, 0.1) is 5.69 Å². The quantitative estimate of drug-likeness (QED) is 0.882. The number of amides is 1. The average Bonchev–Trinajstić information content (AvgIpc) is 2.93. The third-order valence-corrected chi connectivity index (χ3v) is 4.00. The number of hydrogen-bond donors (Lipinski definition) is 1. The van der Waals surface area contributed by atoms with Gasteiger partial charge >= 0.3 is 0 Å². The summed E-state index contributed by atoms with van der Waals surface area (Å²) in [5.74, 6) is 0.0204. The molecule has 1 N–H and O–H groups in total. The predicted molar refractivity (Wildman–Crippen MR) is 80.3 cm³/mol. The van der Waals surface area contributed by atoms with Crippen LogP contribution in [-0.4, -0.2) is 26.7 Å². The lowest BCUT2D eigenvalue weighted by Gasteiger charge is -2.16. The van der Waals surface area contributed by atoms with Crippen LogP contribution in [0.4, 0.5) is 0 Å². The maximum Gasteiger partial charge on any atom is 0.251 e. The zero-order valence-electron chi connectivity index (χ0n) is 12.0. The summed E-state index contributed by atoms with van der Waals surface area (Å²) in [7, 11) is 0. The summed E-state index contributed by atoms with van der Waals surface area (Å²) in [5.41, 5.74) is 1.60. The van der Waals surface area contributed by atoms with E-state index in [1.165, 1.54) is 32.0 Å². The van der Waals surface area contributed by atoms with E-state index in [-0.39, 0.29) is 5.91 Å². The smallest absolute Gasteiger partial charge is 0.251 e. The Balaban J connectivity index is 1.64. The van der Waals surface area contributed by atoms with Crippen molar-refractivity contribution in [3.05, 3.63) is 42.5 Å². The summed E-state index contributed by atoms with van der Waals surface area (Å²) in [6, 6.07) is 7.77. The molecule has 1 heterocycles. The van der Waals surface area contributed by atoms with Gasteiger partial charge in [-0.2, -0.15) is 5.10 Å². The second-order valence-electron chi connectivity index (χ2n) is 5.55. The lowest BCUT2D eigenvalue weighted by atomic mass is 10.1. The number of nitrogens with one attached hydrogen (secondary N) is 1. The summed E-state index contributed by atoms with van der Waals surface area (Å²) in [6.45, 7) is 0. The van der Waals surface area contributed by atoms with Crippen molar-refractivity contribution in [1.82, 2.24) is 20.1 Å². The molecule has 1 fully saturated rings. The van der Waals surface area contributed by atoms with E-state index in [2.05, 4.69) is 15.4 Å². The zero-order valence-corrected chi connectivity index (χ0v) is 12.0. The molecule has 1 aliphatic carbocycles. The summed E-state index contributed by atoms with van der Waals surface area (Å²) >= 11 is 0. The van der Waals surface area contributed by atoms with Gasteiger partial charge in [-0.25, -0.2) is 9.67 Å². The molecule has 1 saturated carbocycles. The molecule has 1 aliphatic rings. The second-order valence-corrected chi connectivity index (χ2v) is 5.55. The van der Waals surface area contributed by atoms with Crippen LogP contribution in [-0.2, 0) is 0 Å². The first kappa shape index (κ1) is 13.8. The number of nitrogens with zero attached hydrogens (tertiary/aromatic N) is 3. The Hall–Kier alpha value is -2.17. The Morgan fingerprint density at radius 1 is 1.10 bits per heavy atom. The van der Waals surface area contributed by atoms with Crippen molar-refractivity contribution in [2.45, 2.75) is 44.6 Å². The van der Waals surface area contributed by atoms with Gasteiger partial charge in [-0.1, -0.05) is 25.7 Å². The number of hydrogen-bond acceptors (Lipinski definition) is 3. The van der Waals surface area contributed by atoms with Crippen molar-refractivity contribution >= 4 is 5.91 Å². The molecule has 5 heteroatoms. The van der Waals surface area contributed by atoms with Crippen molar-refractivity contribution < 1.29 is 4.79 Å². The Labute approximate surface area is 124 Å². The normalized spacial score (nSPS) is 16.4. The highest BCUT2D eigenvalue weighted by Crippen LogP contribution is 2.18. The van der Waals surface area contributed by atoms with Crippen LogP contribution in [0.2, 0.25) is 0 Å². The van der Waals surface area contributed by atoms with Crippen LogP contribution in [0, 0.1) is 0 Å². The number of carbonyl (C=O) groups excluding carboxylic acids is 1. The molecule has 1 amide bonds. The van der Waals surface area contributed by atoms with Crippen molar-refractivity contribution in [3.8, 4) is 5.69 Å². The van der Waals surface area contributed by atoms with Gasteiger partial charge < -0.3 is 5.32 Å². The molecule has 0 saturated heterocycles. The number of carbonyl (C=O) groups is 1. The first-order valence-electron chi connectivity index (χ1n) is 7.59.